The SMILES string of the molecule is CC1OCCC1N(C)C(CN)c1cccc(F)c1. The highest BCUT2D eigenvalue weighted by Gasteiger charge is 2.31. The molecule has 0 spiro atoms. The number of nitrogens with two attached hydrogens (primary N) is 1. The van der Waals surface area contributed by atoms with Crippen molar-refractivity contribution in [2.24, 2.45) is 5.73 Å². The molecular weight excluding hydrogens is 231 g/mol. The van der Waals surface area contributed by atoms with E-state index in [9.17, 15) is 4.39 Å². The minimum Gasteiger partial charge on any atom is -0.377 e. The van der Waals surface area contributed by atoms with E-state index in [-0.39, 0.29) is 18.0 Å². The fourth-order valence-corrected chi connectivity index (χ4v) is 2.74. The predicted octanol–water partition coefficient (Wildman–Crippen LogP) is 1.93. The molecular formula is C14H21FN2O. The van der Waals surface area contributed by atoms with Crippen LogP contribution in [0.4, 0.5) is 4.39 Å². The minimum absolute atomic E-state index is 0.0369. The summed E-state index contributed by atoms with van der Waals surface area (Å²) in [6.07, 6.45) is 1.21. The lowest BCUT2D eigenvalue weighted by Crippen LogP contribution is -2.42. The molecule has 0 saturated carbocycles. The van der Waals surface area contributed by atoms with Crippen molar-refractivity contribution < 1.29 is 9.13 Å². The van der Waals surface area contributed by atoms with Crippen molar-refractivity contribution in [2.45, 2.75) is 31.5 Å². The van der Waals surface area contributed by atoms with Gasteiger partial charge >= 0.3 is 0 Å². The van der Waals surface area contributed by atoms with Gasteiger partial charge in [-0.1, -0.05) is 12.1 Å². The maximum absolute atomic E-state index is 13.3. The fraction of sp³-hybridized carbons (Fsp3) is 0.571. The van der Waals surface area contributed by atoms with Crippen LogP contribution in [0.15, 0.2) is 24.3 Å². The van der Waals surface area contributed by atoms with Gasteiger partial charge in [0, 0.05) is 25.2 Å². The molecule has 18 heavy (non-hydrogen) atoms. The third-order valence-electron chi connectivity index (χ3n) is 3.81. The molecule has 3 nitrogen and oxygen atoms in total. The van der Waals surface area contributed by atoms with E-state index < -0.39 is 0 Å². The summed E-state index contributed by atoms with van der Waals surface area (Å²) in [5, 5.41) is 0. The average molecular weight is 252 g/mol. The molecule has 0 aromatic heterocycles. The zero-order valence-corrected chi connectivity index (χ0v) is 11.0. The van der Waals surface area contributed by atoms with E-state index in [2.05, 4.69) is 11.8 Å². The van der Waals surface area contributed by atoms with Gasteiger partial charge in [-0.15, -0.1) is 0 Å². The highest BCUT2D eigenvalue weighted by molar-refractivity contribution is 5.21. The van der Waals surface area contributed by atoms with Crippen LogP contribution in [-0.2, 0) is 4.74 Å². The van der Waals surface area contributed by atoms with Crippen LogP contribution in [0.2, 0.25) is 0 Å². The Morgan fingerprint density at radius 3 is 2.89 bits per heavy atom. The maximum Gasteiger partial charge on any atom is 0.123 e. The Balaban J connectivity index is 2.17. The van der Waals surface area contributed by atoms with Gasteiger partial charge in [-0.25, -0.2) is 4.39 Å². The normalized spacial score (nSPS) is 25.6. The number of rotatable bonds is 4. The lowest BCUT2D eigenvalue weighted by Gasteiger charge is -2.34. The van der Waals surface area contributed by atoms with E-state index in [1.165, 1.54) is 6.07 Å². The molecule has 1 aromatic rings. The predicted molar refractivity (Wildman–Crippen MR) is 69.8 cm³/mol. The molecule has 1 heterocycles. The first-order chi connectivity index (χ1) is 8.63. The first-order valence-corrected chi connectivity index (χ1v) is 6.42. The zero-order valence-electron chi connectivity index (χ0n) is 11.0. The highest BCUT2D eigenvalue weighted by atomic mass is 19.1. The molecule has 1 aromatic carbocycles. The van der Waals surface area contributed by atoms with Crippen LogP contribution in [0.5, 0.6) is 0 Å². The van der Waals surface area contributed by atoms with Crippen LogP contribution in [0.1, 0.15) is 24.9 Å². The van der Waals surface area contributed by atoms with Crippen LogP contribution in [0, 0.1) is 5.82 Å². The second-order valence-electron chi connectivity index (χ2n) is 4.90. The topological polar surface area (TPSA) is 38.5 Å². The van der Waals surface area contributed by atoms with E-state index in [0.717, 1.165) is 18.6 Å². The summed E-state index contributed by atoms with van der Waals surface area (Å²) in [6, 6.07) is 7.07. The second kappa shape index (κ2) is 5.78. The molecule has 2 rings (SSSR count). The van der Waals surface area contributed by atoms with Crippen LogP contribution in [0.25, 0.3) is 0 Å². The molecule has 4 heteroatoms. The Morgan fingerprint density at radius 1 is 1.56 bits per heavy atom. The maximum atomic E-state index is 13.3. The summed E-state index contributed by atoms with van der Waals surface area (Å²) < 4.78 is 18.9. The Labute approximate surface area is 108 Å². The smallest absolute Gasteiger partial charge is 0.123 e. The first kappa shape index (κ1) is 13.5. The number of hydrogen-bond acceptors (Lipinski definition) is 3. The molecule has 3 atom stereocenters. The van der Waals surface area contributed by atoms with Gasteiger partial charge in [0.15, 0.2) is 0 Å². The fourth-order valence-electron chi connectivity index (χ4n) is 2.74. The molecule has 3 unspecified atom stereocenters. The van der Waals surface area contributed by atoms with E-state index in [0.29, 0.717) is 12.6 Å². The van der Waals surface area contributed by atoms with Crippen LogP contribution in [0.3, 0.4) is 0 Å². The molecule has 1 aliphatic rings. The quantitative estimate of drug-likeness (QED) is 0.890. The number of halogens is 1. The van der Waals surface area contributed by atoms with Crippen molar-refractivity contribution in [1.29, 1.82) is 0 Å². The van der Waals surface area contributed by atoms with Crippen molar-refractivity contribution in [3.8, 4) is 0 Å². The second-order valence-corrected chi connectivity index (χ2v) is 4.90. The number of ether oxygens (including phenoxy) is 1. The molecule has 100 valence electrons. The number of hydrogen-bond donors (Lipinski definition) is 1. The Morgan fingerprint density at radius 2 is 2.33 bits per heavy atom. The number of nitrogens with zero attached hydrogens (tertiary/aromatic N) is 1. The van der Waals surface area contributed by atoms with Gasteiger partial charge in [0.25, 0.3) is 0 Å². The minimum atomic E-state index is -0.213. The molecule has 2 N–H and O–H groups in total. The summed E-state index contributed by atoms with van der Waals surface area (Å²) in [5.74, 6) is -0.213. The van der Waals surface area contributed by atoms with Gasteiger partial charge in [-0.3, -0.25) is 4.90 Å². The number of benzene rings is 1. The van der Waals surface area contributed by atoms with Gasteiger partial charge in [0.2, 0.25) is 0 Å². The zero-order chi connectivity index (χ0) is 13.1. The van der Waals surface area contributed by atoms with E-state index in [1.807, 2.05) is 13.1 Å². The molecule has 1 fully saturated rings. The molecule has 0 bridgehead atoms. The summed E-state index contributed by atoms with van der Waals surface area (Å²) in [6.45, 7) is 3.34. The number of likely N-dealkylation sites (N-methyl/N-ethyl adjacent to an activating group) is 1. The lowest BCUT2D eigenvalue weighted by molar-refractivity contribution is 0.0685. The highest BCUT2D eigenvalue weighted by Crippen LogP contribution is 2.27. The van der Waals surface area contributed by atoms with Crippen LogP contribution >= 0.6 is 0 Å². The third kappa shape index (κ3) is 2.71. The summed E-state index contributed by atoms with van der Waals surface area (Å²) in [4.78, 5) is 2.21. The third-order valence-corrected chi connectivity index (χ3v) is 3.81. The van der Waals surface area contributed by atoms with E-state index >= 15 is 0 Å². The van der Waals surface area contributed by atoms with Crippen molar-refractivity contribution in [3.05, 3.63) is 35.6 Å². The van der Waals surface area contributed by atoms with Gasteiger partial charge in [0.1, 0.15) is 5.82 Å². The van der Waals surface area contributed by atoms with Crippen LogP contribution < -0.4 is 5.73 Å². The van der Waals surface area contributed by atoms with Crippen molar-refractivity contribution >= 4 is 0 Å². The van der Waals surface area contributed by atoms with Crippen molar-refractivity contribution in [3.63, 3.8) is 0 Å². The Kier molecular flexibility index (Phi) is 4.32. The Hall–Kier alpha value is -0.970. The van der Waals surface area contributed by atoms with Crippen LogP contribution in [-0.4, -0.2) is 37.2 Å². The lowest BCUT2D eigenvalue weighted by atomic mass is 10.0. The van der Waals surface area contributed by atoms with Gasteiger partial charge in [-0.2, -0.15) is 0 Å². The van der Waals surface area contributed by atoms with Gasteiger partial charge in [0.05, 0.1) is 6.10 Å². The van der Waals surface area contributed by atoms with E-state index in [1.54, 1.807) is 12.1 Å². The largest absolute Gasteiger partial charge is 0.377 e. The van der Waals surface area contributed by atoms with Gasteiger partial charge < -0.3 is 10.5 Å². The molecule has 1 saturated heterocycles. The monoisotopic (exact) mass is 252 g/mol. The molecule has 1 aliphatic heterocycles. The molecule has 0 radical (unpaired) electrons. The van der Waals surface area contributed by atoms with Gasteiger partial charge in [-0.05, 0) is 38.1 Å². The summed E-state index contributed by atoms with van der Waals surface area (Å²) >= 11 is 0. The van der Waals surface area contributed by atoms with E-state index in [4.69, 9.17) is 10.5 Å². The molecule has 0 amide bonds. The summed E-state index contributed by atoms with van der Waals surface area (Å²) in [7, 11) is 2.04. The molecule has 0 aliphatic carbocycles. The van der Waals surface area contributed by atoms with Crippen molar-refractivity contribution in [2.75, 3.05) is 20.2 Å². The van der Waals surface area contributed by atoms with Crippen molar-refractivity contribution in [1.82, 2.24) is 4.90 Å². The Bertz CT molecular complexity index is 399. The summed E-state index contributed by atoms with van der Waals surface area (Å²) in [5.41, 5.74) is 6.79. The average Bonchev–Trinajstić information content (AvgIpc) is 2.76. The standard InChI is InChI=1S/C14H21FN2O/c1-10-13(6-7-18-10)17(2)14(9-16)11-4-3-5-12(15)8-11/h3-5,8,10,13-14H,6-7,9,16H2,1-2H3. The first-order valence-electron chi connectivity index (χ1n) is 6.42.